The number of ether oxygens (including phenoxy) is 1. The number of hydrogen-bond donors (Lipinski definition) is 1. The molecule has 2 amide bonds. The van der Waals surface area contributed by atoms with Crippen molar-refractivity contribution in [2.75, 3.05) is 19.7 Å². The predicted molar refractivity (Wildman–Crippen MR) is 135 cm³/mol. The molecule has 1 fully saturated rings. The van der Waals surface area contributed by atoms with E-state index in [0.717, 1.165) is 36.1 Å². The van der Waals surface area contributed by atoms with Crippen LogP contribution in [0.4, 0.5) is 0 Å². The van der Waals surface area contributed by atoms with Crippen LogP contribution in [0.25, 0.3) is 10.9 Å². The minimum absolute atomic E-state index is 0.00498. The molecule has 6 nitrogen and oxygen atoms in total. The molecule has 0 aliphatic heterocycles. The molecule has 0 atom stereocenters. The van der Waals surface area contributed by atoms with E-state index < -0.39 is 0 Å². The predicted octanol–water partition coefficient (Wildman–Crippen LogP) is 4.78. The van der Waals surface area contributed by atoms with E-state index in [1.54, 1.807) is 4.90 Å². The summed E-state index contributed by atoms with van der Waals surface area (Å²) in [5.74, 6) is 0.771. The Labute approximate surface area is 201 Å². The van der Waals surface area contributed by atoms with Gasteiger partial charge in [-0.3, -0.25) is 9.59 Å². The molecule has 1 heterocycles. The normalized spacial score (nSPS) is 13.3. The minimum atomic E-state index is -0.112. The number of fused-ring (bicyclic) bond motifs is 1. The van der Waals surface area contributed by atoms with Crippen molar-refractivity contribution >= 4 is 22.7 Å². The van der Waals surface area contributed by atoms with Gasteiger partial charge in [0.25, 0.3) is 0 Å². The van der Waals surface area contributed by atoms with E-state index >= 15 is 0 Å². The third-order valence-electron chi connectivity index (χ3n) is 6.36. The fourth-order valence-electron chi connectivity index (χ4n) is 4.31. The van der Waals surface area contributed by atoms with Gasteiger partial charge in [-0.2, -0.15) is 0 Å². The lowest BCUT2D eigenvalue weighted by Crippen LogP contribution is -2.45. The van der Waals surface area contributed by atoms with Crippen LogP contribution >= 0.6 is 0 Å². The molecular weight excluding hydrogens is 426 g/mol. The highest BCUT2D eigenvalue weighted by Crippen LogP contribution is 2.28. The molecule has 4 rings (SSSR count). The minimum Gasteiger partial charge on any atom is -0.494 e. The zero-order valence-electron chi connectivity index (χ0n) is 20.4. The number of benzene rings is 2. The quantitative estimate of drug-likeness (QED) is 0.447. The van der Waals surface area contributed by atoms with Gasteiger partial charge in [0.2, 0.25) is 11.8 Å². The van der Waals surface area contributed by atoms with E-state index in [2.05, 4.69) is 17.1 Å². The van der Waals surface area contributed by atoms with Gasteiger partial charge in [-0.25, -0.2) is 0 Å². The summed E-state index contributed by atoms with van der Waals surface area (Å²) in [4.78, 5) is 33.3. The number of para-hydroxylation sites is 1. The van der Waals surface area contributed by atoms with Crippen LogP contribution in [0.3, 0.4) is 0 Å². The zero-order valence-corrected chi connectivity index (χ0v) is 20.4. The van der Waals surface area contributed by atoms with Gasteiger partial charge in [0, 0.05) is 42.1 Å². The van der Waals surface area contributed by atoms with E-state index in [1.165, 1.54) is 10.9 Å². The fraction of sp³-hybridized carbons (Fsp3) is 0.429. The van der Waals surface area contributed by atoms with Gasteiger partial charge in [-0.05, 0) is 55.5 Å². The number of nitrogens with one attached hydrogen (secondary N) is 1. The molecule has 0 bridgehead atoms. The van der Waals surface area contributed by atoms with E-state index in [1.807, 2.05) is 68.3 Å². The number of amides is 2. The maximum absolute atomic E-state index is 13.5. The monoisotopic (exact) mass is 461 g/mol. The molecule has 0 radical (unpaired) electrons. The van der Waals surface area contributed by atoms with Gasteiger partial charge >= 0.3 is 0 Å². The summed E-state index contributed by atoms with van der Waals surface area (Å²) >= 11 is 0. The van der Waals surface area contributed by atoms with Crippen molar-refractivity contribution in [1.82, 2.24) is 14.8 Å². The summed E-state index contributed by atoms with van der Waals surface area (Å²) in [6.45, 7) is 7.61. The number of nitrogens with zero attached hydrogens (tertiary/aromatic N) is 2. The first kappa shape index (κ1) is 23.9. The third-order valence-corrected chi connectivity index (χ3v) is 6.36. The molecule has 1 aliphatic carbocycles. The molecular formula is C28H35N3O3. The van der Waals surface area contributed by atoms with Crippen molar-refractivity contribution in [3.8, 4) is 5.75 Å². The standard InChI is InChI=1S/C28H35N3O3/c1-4-34-24-13-9-21(10-14-24)18-30(16-15-22-17-29-26-8-6-5-7-25(22)26)27(32)19-31(23-11-12-23)28(33)20(2)3/h5-10,13-14,17,20,23,29H,4,11-12,15-16,18-19H2,1-3H3. The Hall–Kier alpha value is -3.28. The Bertz CT molecular complexity index is 1120. The number of hydrogen-bond acceptors (Lipinski definition) is 3. The zero-order chi connectivity index (χ0) is 24.1. The number of aromatic nitrogens is 1. The SMILES string of the molecule is CCOc1ccc(CN(CCc2c[nH]c3ccccc23)C(=O)CN(C(=O)C(C)C)C2CC2)cc1. The summed E-state index contributed by atoms with van der Waals surface area (Å²) in [5, 5.41) is 1.19. The van der Waals surface area contributed by atoms with Gasteiger partial charge in [0.05, 0.1) is 6.61 Å². The second kappa shape index (κ2) is 10.8. The smallest absolute Gasteiger partial charge is 0.242 e. The van der Waals surface area contributed by atoms with Crippen molar-refractivity contribution < 1.29 is 14.3 Å². The molecule has 2 aromatic carbocycles. The van der Waals surface area contributed by atoms with Crippen LogP contribution in [-0.4, -0.2) is 52.3 Å². The summed E-state index contributed by atoms with van der Waals surface area (Å²) in [7, 11) is 0. The van der Waals surface area contributed by atoms with Gasteiger partial charge in [0.1, 0.15) is 12.3 Å². The molecule has 1 N–H and O–H groups in total. The summed E-state index contributed by atoms with van der Waals surface area (Å²) < 4.78 is 5.56. The molecule has 0 unspecified atom stereocenters. The van der Waals surface area contributed by atoms with Crippen LogP contribution < -0.4 is 4.74 Å². The van der Waals surface area contributed by atoms with Crippen molar-refractivity contribution in [3.05, 3.63) is 65.9 Å². The first-order valence-electron chi connectivity index (χ1n) is 12.3. The second-order valence-corrected chi connectivity index (χ2v) is 9.35. The number of carbonyl (C=O) groups is 2. The maximum atomic E-state index is 13.5. The van der Waals surface area contributed by atoms with Crippen LogP contribution in [0.1, 0.15) is 44.7 Å². The lowest BCUT2D eigenvalue weighted by Gasteiger charge is -2.29. The lowest BCUT2D eigenvalue weighted by molar-refractivity contribution is -0.143. The Morgan fingerprint density at radius 2 is 1.82 bits per heavy atom. The van der Waals surface area contributed by atoms with Crippen molar-refractivity contribution in [2.45, 2.75) is 52.6 Å². The molecule has 1 aliphatic rings. The van der Waals surface area contributed by atoms with Crippen LogP contribution in [0.2, 0.25) is 0 Å². The Morgan fingerprint density at radius 1 is 1.09 bits per heavy atom. The molecule has 0 saturated heterocycles. The third kappa shape index (κ3) is 5.79. The van der Waals surface area contributed by atoms with Crippen molar-refractivity contribution in [3.63, 3.8) is 0 Å². The Kier molecular flexibility index (Phi) is 7.56. The number of carbonyl (C=O) groups excluding carboxylic acids is 2. The molecule has 1 saturated carbocycles. The van der Waals surface area contributed by atoms with Crippen LogP contribution in [-0.2, 0) is 22.6 Å². The van der Waals surface area contributed by atoms with Gasteiger partial charge < -0.3 is 19.5 Å². The van der Waals surface area contributed by atoms with Crippen LogP contribution in [0.15, 0.2) is 54.7 Å². The lowest BCUT2D eigenvalue weighted by atomic mass is 10.1. The van der Waals surface area contributed by atoms with Gasteiger partial charge in [0.15, 0.2) is 0 Å². The summed E-state index contributed by atoms with van der Waals surface area (Å²) in [5.41, 5.74) is 3.34. The van der Waals surface area contributed by atoms with Crippen LogP contribution in [0, 0.1) is 5.92 Å². The first-order valence-corrected chi connectivity index (χ1v) is 12.3. The Morgan fingerprint density at radius 3 is 2.50 bits per heavy atom. The highest BCUT2D eigenvalue weighted by atomic mass is 16.5. The largest absolute Gasteiger partial charge is 0.494 e. The van der Waals surface area contributed by atoms with E-state index in [4.69, 9.17) is 4.74 Å². The molecule has 34 heavy (non-hydrogen) atoms. The van der Waals surface area contributed by atoms with Gasteiger partial charge in [-0.1, -0.05) is 44.2 Å². The first-order chi connectivity index (χ1) is 16.5. The molecule has 3 aromatic rings. The average Bonchev–Trinajstić information content (AvgIpc) is 3.60. The Balaban J connectivity index is 1.51. The highest BCUT2D eigenvalue weighted by Gasteiger charge is 2.35. The molecule has 0 spiro atoms. The van der Waals surface area contributed by atoms with E-state index in [-0.39, 0.29) is 30.3 Å². The maximum Gasteiger partial charge on any atom is 0.242 e. The van der Waals surface area contributed by atoms with Crippen molar-refractivity contribution in [2.24, 2.45) is 5.92 Å². The van der Waals surface area contributed by atoms with Crippen molar-refractivity contribution in [1.29, 1.82) is 0 Å². The summed E-state index contributed by atoms with van der Waals surface area (Å²) in [6.07, 6.45) is 4.75. The second-order valence-electron chi connectivity index (χ2n) is 9.35. The fourth-order valence-corrected chi connectivity index (χ4v) is 4.31. The van der Waals surface area contributed by atoms with Crippen LogP contribution in [0.5, 0.6) is 5.75 Å². The average molecular weight is 462 g/mol. The summed E-state index contributed by atoms with van der Waals surface area (Å²) in [6, 6.07) is 16.3. The highest BCUT2D eigenvalue weighted by molar-refractivity contribution is 5.86. The topological polar surface area (TPSA) is 65.6 Å². The molecule has 180 valence electrons. The molecule has 1 aromatic heterocycles. The number of H-pyrrole nitrogens is 1. The number of aromatic amines is 1. The van der Waals surface area contributed by atoms with E-state index in [0.29, 0.717) is 19.7 Å². The number of rotatable bonds is 11. The molecule has 6 heteroatoms. The van der Waals surface area contributed by atoms with E-state index in [9.17, 15) is 9.59 Å². The van der Waals surface area contributed by atoms with Gasteiger partial charge in [-0.15, -0.1) is 0 Å².